The molecule has 0 aliphatic carbocycles. The SMILES string of the molecule is Cc1cccc(CC(O)c2ccc(F)cc2F)c1. The van der Waals surface area contributed by atoms with Crippen molar-refractivity contribution in [1.82, 2.24) is 0 Å². The van der Waals surface area contributed by atoms with Crippen LogP contribution in [0.25, 0.3) is 0 Å². The van der Waals surface area contributed by atoms with Crippen LogP contribution < -0.4 is 0 Å². The quantitative estimate of drug-likeness (QED) is 0.880. The summed E-state index contributed by atoms with van der Waals surface area (Å²) < 4.78 is 26.3. The molecule has 0 aromatic heterocycles. The maximum atomic E-state index is 13.5. The molecule has 0 saturated heterocycles. The Bertz CT molecular complexity index is 552. The van der Waals surface area contributed by atoms with Crippen LogP contribution in [0, 0.1) is 18.6 Å². The molecule has 3 heteroatoms. The third-order valence-corrected chi connectivity index (χ3v) is 2.83. The van der Waals surface area contributed by atoms with Crippen LogP contribution in [0.15, 0.2) is 42.5 Å². The predicted octanol–water partition coefficient (Wildman–Crippen LogP) is 3.55. The monoisotopic (exact) mass is 248 g/mol. The smallest absolute Gasteiger partial charge is 0.131 e. The number of aliphatic hydroxyl groups excluding tert-OH is 1. The molecule has 1 N–H and O–H groups in total. The highest BCUT2D eigenvalue weighted by atomic mass is 19.1. The molecule has 94 valence electrons. The average molecular weight is 248 g/mol. The second-order valence-electron chi connectivity index (χ2n) is 4.37. The molecule has 0 saturated carbocycles. The normalized spacial score (nSPS) is 12.4. The summed E-state index contributed by atoms with van der Waals surface area (Å²) in [6.45, 7) is 1.95. The molecule has 2 aromatic carbocycles. The van der Waals surface area contributed by atoms with Crippen molar-refractivity contribution in [3.05, 3.63) is 70.8 Å². The molecule has 0 radical (unpaired) electrons. The zero-order valence-electron chi connectivity index (χ0n) is 10.0. The van der Waals surface area contributed by atoms with Gasteiger partial charge >= 0.3 is 0 Å². The molecule has 0 aliphatic heterocycles. The molecule has 0 heterocycles. The average Bonchev–Trinajstić information content (AvgIpc) is 2.28. The van der Waals surface area contributed by atoms with Gasteiger partial charge in [0.15, 0.2) is 0 Å². The Labute approximate surface area is 105 Å². The van der Waals surface area contributed by atoms with Gasteiger partial charge in [0.1, 0.15) is 11.6 Å². The van der Waals surface area contributed by atoms with E-state index in [1.807, 2.05) is 31.2 Å². The first kappa shape index (κ1) is 12.7. The highest BCUT2D eigenvalue weighted by molar-refractivity contribution is 5.26. The van der Waals surface area contributed by atoms with Crippen LogP contribution in [0.5, 0.6) is 0 Å². The van der Waals surface area contributed by atoms with Gasteiger partial charge in [-0.05, 0) is 18.6 Å². The van der Waals surface area contributed by atoms with E-state index >= 15 is 0 Å². The molecule has 0 bridgehead atoms. The summed E-state index contributed by atoms with van der Waals surface area (Å²) in [5.74, 6) is -1.35. The fourth-order valence-electron chi connectivity index (χ4n) is 1.94. The Hall–Kier alpha value is -1.74. The van der Waals surface area contributed by atoms with Crippen molar-refractivity contribution < 1.29 is 13.9 Å². The molecule has 1 atom stereocenters. The Morgan fingerprint density at radius 3 is 2.56 bits per heavy atom. The lowest BCUT2D eigenvalue weighted by Gasteiger charge is -2.12. The summed E-state index contributed by atoms with van der Waals surface area (Å²) in [5.41, 5.74) is 2.13. The lowest BCUT2D eigenvalue weighted by molar-refractivity contribution is 0.173. The van der Waals surface area contributed by atoms with Crippen LogP contribution in [0.4, 0.5) is 8.78 Å². The van der Waals surface area contributed by atoms with Crippen LogP contribution in [0.1, 0.15) is 22.8 Å². The molecule has 1 nitrogen and oxygen atoms in total. The first-order valence-corrected chi connectivity index (χ1v) is 5.75. The highest BCUT2D eigenvalue weighted by Crippen LogP contribution is 2.22. The largest absolute Gasteiger partial charge is 0.388 e. The number of rotatable bonds is 3. The second kappa shape index (κ2) is 5.27. The minimum atomic E-state index is -0.965. The van der Waals surface area contributed by atoms with Crippen molar-refractivity contribution in [3.8, 4) is 0 Å². The lowest BCUT2D eigenvalue weighted by Crippen LogP contribution is -2.05. The molecule has 0 amide bonds. The Balaban J connectivity index is 2.19. The van der Waals surface area contributed by atoms with Crippen LogP contribution >= 0.6 is 0 Å². The minimum Gasteiger partial charge on any atom is -0.388 e. The summed E-state index contributed by atoms with van der Waals surface area (Å²) in [5, 5.41) is 9.97. The van der Waals surface area contributed by atoms with Crippen molar-refractivity contribution >= 4 is 0 Å². The van der Waals surface area contributed by atoms with Crippen LogP contribution in [0.2, 0.25) is 0 Å². The van der Waals surface area contributed by atoms with Crippen molar-refractivity contribution in [1.29, 1.82) is 0 Å². The first-order valence-electron chi connectivity index (χ1n) is 5.75. The van der Waals surface area contributed by atoms with E-state index in [4.69, 9.17) is 0 Å². The van der Waals surface area contributed by atoms with Gasteiger partial charge in [0, 0.05) is 18.1 Å². The van der Waals surface area contributed by atoms with Gasteiger partial charge in [-0.15, -0.1) is 0 Å². The maximum Gasteiger partial charge on any atom is 0.131 e. The zero-order valence-corrected chi connectivity index (χ0v) is 10.0. The number of hydrogen-bond donors (Lipinski definition) is 1. The van der Waals surface area contributed by atoms with Crippen molar-refractivity contribution in [2.24, 2.45) is 0 Å². The van der Waals surface area contributed by atoms with Gasteiger partial charge < -0.3 is 5.11 Å². The molecule has 2 aromatic rings. The van der Waals surface area contributed by atoms with E-state index in [-0.39, 0.29) is 5.56 Å². The predicted molar refractivity (Wildman–Crippen MR) is 66.2 cm³/mol. The fraction of sp³-hybridized carbons (Fsp3) is 0.200. The van der Waals surface area contributed by atoms with Crippen molar-refractivity contribution in [3.63, 3.8) is 0 Å². The molecule has 0 aliphatic rings. The summed E-state index contributed by atoms with van der Waals surface area (Å²) in [6.07, 6.45) is -0.656. The molecule has 0 fully saturated rings. The fourth-order valence-corrected chi connectivity index (χ4v) is 1.94. The van der Waals surface area contributed by atoms with Gasteiger partial charge in [0.25, 0.3) is 0 Å². The van der Waals surface area contributed by atoms with Gasteiger partial charge in [-0.3, -0.25) is 0 Å². The first-order chi connectivity index (χ1) is 8.56. The number of benzene rings is 2. The number of aryl methyl sites for hydroxylation is 1. The van der Waals surface area contributed by atoms with Gasteiger partial charge in [0.05, 0.1) is 6.10 Å². The topological polar surface area (TPSA) is 20.2 Å². The van der Waals surface area contributed by atoms with E-state index in [9.17, 15) is 13.9 Å². The van der Waals surface area contributed by atoms with E-state index in [1.165, 1.54) is 6.07 Å². The van der Waals surface area contributed by atoms with Crippen LogP contribution in [-0.4, -0.2) is 5.11 Å². The van der Waals surface area contributed by atoms with E-state index in [0.29, 0.717) is 6.42 Å². The second-order valence-corrected chi connectivity index (χ2v) is 4.37. The molecule has 18 heavy (non-hydrogen) atoms. The summed E-state index contributed by atoms with van der Waals surface area (Å²) in [7, 11) is 0. The molecule has 1 unspecified atom stereocenters. The highest BCUT2D eigenvalue weighted by Gasteiger charge is 2.14. The van der Waals surface area contributed by atoms with Crippen LogP contribution in [-0.2, 0) is 6.42 Å². The van der Waals surface area contributed by atoms with E-state index in [2.05, 4.69) is 0 Å². The lowest BCUT2D eigenvalue weighted by atomic mass is 10.00. The number of aliphatic hydroxyl groups is 1. The van der Waals surface area contributed by atoms with E-state index in [1.54, 1.807) is 0 Å². The molecular weight excluding hydrogens is 234 g/mol. The van der Waals surface area contributed by atoms with E-state index in [0.717, 1.165) is 23.3 Å². The summed E-state index contributed by atoms with van der Waals surface area (Å²) in [4.78, 5) is 0. The summed E-state index contributed by atoms with van der Waals surface area (Å²) >= 11 is 0. The Morgan fingerprint density at radius 1 is 1.11 bits per heavy atom. The Kier molecular flexibility index (Phi) is 3.72. The van der Waals surface area contributed by atoms with Gasteiger partial charge in [0.2, 0.25) is 0 Å². The van der Waals surface area contributed by atoms with Crippen LogP contribution in [0.3, 0.4) is 0 Å². The molecule has 0 spiro atoms. The maximum absolute atomic E-state index is 13.5. The van der Waals surface area contributed by atoms with Gasteiger partial charge in [-0.2, -0.15) is 0 Å². The number of hydrogen-bond acceptors (Lipinski definition) is 1. The van der Waals surface area contributed by atoms with Crippen molar-refractivity contribution in [2.45, 2.75) is 19.4 Å². The van der Waals surface area contributed by atoms with Gasteiger partial charge in [-0.25, -0.2) is 8.78 Å². The zero-order chi connectivity index (χ0) is 13.1. The number of halogens is 2. The standard InChI is InChI=1S/C15H14F2O/c1-10-3-2-4-11(7-10)8-15(18)13-6-5-12(16)9-14(13)17/h2-7,9,15,18H,8H2,1H3. The van der Waals surface area contributed by atoms with Crippen molar-refractivity contribution in [2.75, 3.05) is 0 Å². The third-order valence-electron chi connectivity index (χ3n) is 2.83. The van der Waals surface area contributed by atoms with E-state index < -0.39 is 17.7 Å². The molecule has 2 rings (SSSR count). The Morgan fingerprint density at radius 2 is 1.89 bits per heavy atom. The molecular formula is C15H14F2O. The minimum absolute atomic E-state index is 0.123. The third kappa shape index (κ3) is 2.93. The van der Waals surface area contributed by atoms with Gasteiger partial charge in [-0.1, -0.05) is 35.9 Å². The summed E-state index contributed by atoms with van der Waals surface area (Å²) in [6, 6.07) is 10.9.